The molecule has 0 saturated carbocycles. The van der Waals surface area contributed by atoms with Crippen LogP contribution in [0.1, 0.15) is 27.7 Å². The molecule has 1 aliphatic rings. The predicted molar refractivity (Wildman–Crippen MR) is 55.9 cm³/mol. The van der Waals surface area contributed by atoms with Gasteiger partial charge in [-0.25, -0.2) is 0 Å². The molecule has 0 aliphatic heterocycles. The number of hydrogen-bond donors (Lipinski definition) is 0. The van der Waals surface area contributed by atoms with Crippen molar-refractivity contribution in [2.75, 3.05) is 0 Å². The van der Waals surface area contributed by atoms with Gasteiger partial charge in [0.1, 0.15) is 0 Å². The lowest BCUT2D eigenvalue weighted by molar-refractivity contribution is -0.132. The highest BCUT2D eigenvalue weighted by molar-refractivity contribution is 6.48. The van der Waals surface area contributed by atoms with E-state index in [9.17, 15) is 9.59 Å². The fraction of sp³-hybridized carbons (Fsp3) is 0.500. The lowest BCUT2D eigenvalue weighted by Crippen LogP contribution is -2.22. The third-order valence-electron chi connectivity index (χ3n) is 2.39. The molecule has 0 spiro atoms. The van der Waals surface area contributed by atoms with E-state index in [1.807, 2.05) is 33.8 Å². The summed E-state index contributed by atoms with van der Waals surface area (Å²) in [4.78, 5) is 22.8. The van der Waals surface area contributed by atoms with Crippen molar-refractivity contribution < 1.29 is 9.59 Å². The molecule has 0 fully saturated rings. The number of carbonyl (C=O) groups is 2. The molecular weight excluding hydrogens is 176 g/mol. The number of Topliss-reactive ketones (excluding diaryl/α,β-unsaturated/α-hetero) is 1. The van der Waals surface area contributed by atoms with Crippen LogP contribution in [0.2, 0.25) is 0 Å². The van der Waals surface area contributed by atoms with Gasteiger partial charge in [0.15, 0.2) is 0 Å². The third-order valence-corrected chi connectivity index (χ3v) is 2.39. The third kappa shape index (κ3) is 2.00. The summed E-state index contributed by atoms with van der Waals surface area (Å²) < 4.78 is 0. The van der Waals surface area contributed by atoms with E-state index in [0.717, 1.165) is 5.57 Å². The second-order valence-electron chi connectivity index (χ2n) is 4.25. The van der Waals surface area contributed by atoms with Gasteiger partial charge in [-0.05, 0) is 23.5 Å². The van der Waals surface area contributed by atoms with Gasteiger partial charge in [-0.3, -0.25) is 9.59 Å². The Balaban J connectivity index is 3.10. The quantitative estimate of drug-likeness (QED) is 0.497. The lowest BCUT2D eigenvalue weighted by atomic mass is 9.86. The number of rotatable bonds is 2. The van der Waals surface area contributed by atoms with E-state index in [0.29, 0.717) is 11.5 Å². The summed E-state index contributed by atoms with van der Waals surface area (Å²) in [5.74, 6) is -0.306. The summed E-state index contributed by atoms with van der Waals surface area (Å²) in [6, 6.07) is 0. The Bertz CT molecular complexity index is 330. The van der Waals surface area contributed by atoms with Crippen molar-refractivity contribution in [1.82, 2.24) is 0 Å². The molecule has 0 N–H and O–H groups in total. The highest BCUT2D eigenvalue weighted by Crippen LogP contribution is 2.23. The smallest absolute Gasteiger partial charge is 0.229 e. The summed E-state index contributed by atoms with van der Waals surface area (Å²) in [5, 5.41) is 0. The number of hydrogen-bond acceptors (Lipinski definition) is 2. The topological polar surface area (TPSA) is 34.1 Å². The van der Waals surface area contributed by atoms with Gasteiger partial charge in [-0.15, -0.1) is 0 Å². The molecule has 76 valence electrons. The summed E-state index contributed by atoms with van der Waals surface area (Å²) in [5.41, 5.74) is 1.60. The minimum atomic E-state index is -0.375. The van der Waals surface area contributed by atoms with Crippen molar-refractivity contribution >= 4 is 11.6 Å². The number of carbonyl (C=O) groups excluding carboxylic acids is 2. The summed E-state index contributed by atoms with van der Waals surface area (Å²) in [6.45, 7) is 7.90. The van der Waals surface area contributed by atoms with Crippen LogP contribution in [0.4, 0.5) is 0 Å². The number of allylic oxidation sites excluding steroid dienone is 4. The molecule has 0 aromatic rings. The van der Waals surface area contributed by atoms with E-state index in [2.05, 4.69) is 0 Å². The summed E-state index contributed by atoms with van der Waals surface area (Å²) >= 11 is 0. The van der Waals surface area contributed by atoms with Crippen molar-refractivity contribution in [3.63, 3.8) is 0 Å². The van der Waals surface area contributed by atoms with Crippen molar-refractivity contribution in [3.05, 3.63) is 23.3 Å². The monoisotopic (exact) mass is 192 g/mol. The van der Waals surface area contributed by atoms with Crippen LogP contribution in [0.3, 0.4) is 0 Å². The number of ketones is 2. The van der Waals surface area contributed by atoms with Crippen molar-refractivity contribution in [2.45, 2.75) is 27.7 Å². The van der Waals surface area contributed by atoms with E-state index < -0.39 is 0 Å². The SMILES string of the molecule is CC(C)C1=CC(=O)C(=O)C(C(C)C)=C1. The minimum absolute atomic E-state index is 0.119. The van der Waals surface area contributed by atoms with E-state index in [4.69, 9.17) is 0 Å². The molecule has 0 heterocycles. The highest BCUT2D eigenvalue weighted by atomic mass is 16.2. The van der Waals surface area contributed by atoms with Crippen LogP contribution in [0.25, 0.3) is 0 Å². The first kappa shape index (κ1) is 10.9. The minimum Gasteiger partial charge on any atom is -0.286 e. The molecule has 14 heavy (non-hydrogen) atoms. The van der Waals surface area contributed by atoms with E-state index in [-0.39, 0.29) is 17.5 Å². The maximum absolute atomic E-state index is 11.5. The molecule has 0 saturated heterocycles. The molecule has 1 rings (SSSR count). The van der Waals surface area contributed by atoms with Crippen molar-refractivity contribution in [2.24, 2.45) is 11.8 Å². The fourth-order valence-electron chi connectivity index (χ4n) is 1.41. The summed E-state index contributed by atoms with van der Waals surface area (Å²) in [6.07, 6.45) is 3.32. The van der Waals surface area contributed by atoms with Gasteiger partial charge in [0.05, 0.1) is 0 Å². The van der Waals surface area contributed by atoms with Gasteiger partial charge in [-0.1, -0.05) is 33.8 Å². The van der Waals surface area contributed by atoms with E-state index >= 15 is 0 Å². The molecule has 0 bridgehead atoms. The molecule has 0 aromatic heterocycles. The van der Waals surface area contributed by atoms with E-state index in [1.165, 1.54) is 6.08 Å². The maximum Gasteiger partial charge on any atom is 0.229 e. The second kappa shape index (κ2) is 3.91. The second-order valence-corrected chi connectivity index (χ2v) is 4.25. The van der Waals surface area contributed by atoms with Crippen LogP contribution in [0.15, 0.2) is 23.3 Å². The zero-order valence-electron chi connectivity index (χ0n) is 9.13. The molecule has 0 unspecified atom stereocenters. The van der Waals surface area contributed by atoms with Gasteiger partial charge >= 0.3 is 0 Å². The molecule has 2 nitrogen and oxygen atoms in total. The van der Waals surface area contributed by atoms with Crippen LogP contribution >= 0.6 is 0 Å². The average molecular weight is 192 g/mol. The molecule has 1 aliphatic carbocycles. The Morgan fingerprint density at radius 2 is 1.50 bits per heavy atom. The Labute approximate surface area is 84.7 Å². The Kier molecular flexibility index (Phi) is 3.04. The molecule has 2 heteroatoms. The Morgan fingerprint density at radius 3 is 1.93 bits per heavy atom. The highest BCUT2D eigenvalue weighted by Gasteiger charge is 2.24. The largest absolute Gasteiger partial charge is 0.286 e. The standard InChI is InChI=1S/C12H16O2/c1-7(2)9-5-10(8(3)4)12(14)11(13)6-9/h5-8H,1-4H3. The Morgan fingerprint density at radius 1 is 0.929 bits per heavy atom. The normalized spacial score (nSPS) is 17.6. The van der Waals surface area contributed by atoms with Crippen LogP contribution in [0, 0.1) is 11.8 Å². The zero-order chi connectivity index (χ0) is 10.9. The first-order valence-electron chi connectivity index (χ1n) is 4.95. The first-order chi connectivity index (χ1) is 6.43. The fourth-order valence-corrected chi connectivity index (χ4v) is 1.41. The predicted octanol–water partition coefficient (Wildman–Crippen LogP) is 2.30. The van der Waals surface area contributed by atoms with Gasteiger partial charge < -0.3 is 0 Å². The lowest BCUT2D eigenvalue weighted by Gasteiger charge is -2.16. The van der Waals surface area contributed by atoms with Gasteiger partial charge in [0, 0.05) is 5.57 Å². The molecule has 0 radical (unpaired) electrons. The molecular formula is C12H16O2. The first-order valence-corrected chi connectivity index (χ1v) is 4.95. The Hall–Kier alpha value is -1.18. The van der Waals surface area contributed by atoms with Crippen LogP contribution < -0.4 is 0 Å². The van der Waals surface area contributed by atoms with Gasteiger partial charge in [-0.2, -0.15) is 0 Å². The summed E-state index contributed by atoms with van der Waals surface area (Å²) in [7, 11) is 0. The van der Waals surface area contributed by atoms with Gasteiger partial charge in [0.25, 0.3) is 0 Å². The maximum atomic E-state index is 11.5. The van der Waals surface area contributed by atoms with Crippen molar-refractivity contribution in [1.29, 1.82) is 0 Å². The average Bonchev–Trinajstić information content (AvgIpc) is 2.08. The zero-order valence-corrected chi connectivity index (χ0v) is 9.13. The molecule has 0 atom stereocenters. The van der Waals surface area contributed by atoms with E-state index in [1.54, 1.807) is 0 Å². The van der Waals surface area contributed by atoms with Crippen LogP contribution in [-0.4, -0.2) is 11.6 Å². The van der Waals surface area contributed by atoms with Crippen molar-refractivity contribution in [3.8, 4) is 0 Å². The molecule has 0 aromatic carbocycles. The van der Waals surface area contributed by atoms with Crippen LogP contribution in [-0.2, 0) is 9.59 Å². The van der Waals surface area contributed by atoms with Crippen LogP contribution in [0.5, 0.6) is 0 Å². The molecule has 0 amide bonds. The van der Waals surface area contributed by atoms with Gasteiger partial charge in [0.2, 0.25) is 11.6 Å².